The van der Waals surface area contributed by atoms with Gasteiger partial charge in [0.15, 0.2) is 6.61 Å². The Balaban J connectivity index is 1.98. The van der Waals surface area contributed by atoms with Gasteiger partial charge >= 0.3 is 0 Å². The largest absolute Gasteiger partial charge is 0.482 e. The van der Waals surface area contributed by atoms with E-state index in [0.29, 0.717) is 17.3 Å². The van der Waals surface area contributed by atoms with Crippen LogP contribution in [0.5, 0.6) is 11.6 Å². The molecule has 18 heavy (non-hydrogen) atoms. The highest BCUT2D eigenvalue weighted by atomic mass is 32.1. The molecule has 1 aromatic heterocycles. The molecule has 0 saturated heterocycles. The topological polar surface area (TPSA) is 60.5 Å². The quantitative estimate of drug-likeness (QED) is 0.900. The van der Waals surface area contributed by atoms with E-state index in [2.05, 4.69) is 10.3 Å². The van der Waals surface area contributed by atoms with Crippen LogP contribution in [0.4, 0.5) is 5.69 Å². The van der Waals surface area contributed by atoms with E-state index in [4.69, 9.17) is 9.47 Å². The molecule has 1 amide bonds. The number of thiazole rings is 1. The molecule has 0 unspecified atom stereocenters. The van der Waals surface area contributed by atoms with Crippen LogP contribution in [-0.4, -0.2) is 24.6 Å². The lowest BCUT2D eigenvalue weighted by Crippen LogP contribution is -2.25. The summed E-state index contributed by atoms with van der Waals surface area (Å²) in [5.74, 6) is 1.13. The maximum atomic E-state index is 11.3. The fourth-order valence-electron chi connectivity index (χ4n) is 1.70. The molecule has 0 spiro atoms. The van der Waals surface area contributed by atoms with Crippen molar-refractivity contribution in [2.45, 2.75) is 0 Å². The van der Waals surface area contributed by atoms with Gasteiger partial charge in [-0.25, -0.2) is 4.98 Å². The van der Waals surface area contributed by atoms with E-state index in [0.717, 1.165) is 10.6 Å². The Bertz CT molecular complexity index is 609. The van der Waals surface area contributed by atoms with E-state index in [1.165, 1.54) is 11.3 Å². The van der Waals surface area contributed by atoms with Gasteiger partial charge in [-0.3, -0.25) is 4.79 Å². The van der Waals surface area contributed by atoms with Gasteiger partial charge in [0.1, 0.15) is 10.8 Å². The lowest BCUT2D eigenvalue weighted by Gasteiger charge is -2.18. The highest BCUT2D eigenvalue weighted by molar-refractivity contribution is 7.13. The van der Waals surface area contributed by atoms with E-state index in [-0.39, 0.29) is 12.5 Å². The number of carbonyl (C=O) groups excluding carboxylic acids is 1. The smallest absolute Gasteiger partial charge is 0.262 e. The first kappa shape index (κ1) is 11.0. The first-order valence-corrected chi connectivity index (χ1v) is 6.21. The zero-order chi connectivity index (χ0) is 12.5. The van der Waals surface area contributed by atoms with Crippen molar-refractivity contribution in [2.75, 3.05) is 19.0 Å². The molecule has 0 saturated carbocycles. The van der Waals surface area contributed by atoms with Gasteiger partial charge in [-0.15, -0.1) is 11.3 Å². The van der Waals surface area contributed by atoms with Gasteiger partial charge in [0, 0.05) is 5.56 Å². The number of nitrogens with one attached hydrogen (secondary N) is 1. The number of methoxy groups -OCH3 is 1. The number of amides is 1. The lowest BCUT2D eigenvalue weighted by molar-refractivity contribution is -0.118. The first-order chi connectivity index (χ1) is 8.76. The Hall–Kier alpha value is -2.08. The van der Waals surface area contributed by atoms with E-state index in [1.54, 1.807) is 7.11 Å². The molecule has 6 heteroatoms. The Morgan fingerprint density at radius 1 is 1.50 bits per heavy atom. The minimum absolute atomic E-state index is 0.0669. The molecule has 0 aliphatic carbocycles. The molecular formula is C12H10N2O3S. The number of aromatic nitrogens is 1. The molecule has 1 aromatic carbocycles. The van der Waals surface area contributed by atoms with Crippen LogP contribution >= 0.6 is 11.3 Å². The molecule has 1 aliphatic heterocycles. The molecule has 92 valence electrons. The van der Waals surface area contributed by atoms with Crippen molar-refractivity contribution in [1.82, 2.24) is 4.98 Å². The van der Waals surface area contributed by atoms with Crippen molar-refractivity contribution in [2.24, 2.45) is 0 Å². The standard InChI is InChI=1S/C12H10N2O3S/c1-16-11-6-18-12(14-11)7-2-3-9-8(4-7)13-10(15)5-17-9/h2-4,6H,5H2,1H3,(H,13,15). The van der Waals surface area contributed by atoms with Crippen LogP contribution in [0.2, 0.25) is 0 Å². The molecule has 0 bridgehead atoms. The van der Waals surface area contributed by atoms with Crippen LogP contribution in [-0.2, 0) is 4.79 Å². The zero-order valence-electron chi connectivity index (χ0n) is 9.60. The van der Waals surface area contributed by atoms with Gasteiger partial charge in [0.25, 0.3) is 5.91 Å². The van der Waals surface area contributed by atoms with Gasteiger partial charge in [0.05, 0.1) is 18.2 Å². The van der Waals surface area contributed by atoms with E-state index in [1.807, 2.05) is 23.6 Å². The third-order valence-corrected chi connectivity index (χ3v) is 3.42. The van der Waals surface area contributed by atoms with Gasteiger partial charge in [-0.05, 0) is 18.2 Å². The molecule has 0 fully saturated rings. The second kappa shape index (κ2) is 4.30. The average Bonchev–Trinajstić information content (AvgIpc) is 2.86. The van der Waals surface area contributed by atoms with Crippen LogP contribution in [0.1, 0.15) is 0 Å². The maximum Gasteiger partial charge on any atom is 0.262 e. The van der Waals surface area contributed by atoms with Crippen LogP contribution in [0, 0.1) is 0 Å². The predicted octanol–water partition coefficient (Wildman–Crippen LogP) is 2.15. The lowest BCUT2D eigenvalue weighted by atomic mass is 10.2. The van der Waals surface area contributed by atoms with Crippen molar-refractivity contribution in [3.8, 4) is 22.2 Å². The number of rotatable bonds is 2. The van der Waals surface area contributed by atoms with E-state index >= 15 is 0 Å². The Kier molecular flexibility index (Phi) is 2.64. The maximum absolute atomic E-state index is 11.3. The monoisotopic (exact) mass is 262 g/mol. The molecule has 0 atom stereocenters. The summed E-state index contributed by atoms with van der Waals surface area (Å²) >= 11 is 1.49. The van der Waals surface area contributed by atoms with Crippen molar-refractivity contribution in [3.05, 3.63) is 23.6 Å². The Morgan fingerprint density at radius 2 is 2.39 bits per heavy atom. The number of carbonyl (C=O) groups is 1. The van der Waals surface area contributed by atoms with Gasteiger partial charge in [0.2, 0.25) is 5.88 Å². The molecule has 1 aliphatic rings. The first-order valence-electron chi connectivity index (χ1n) is 5.33. The van der Waals surface area contributed by atoms with Crippen LogP contribution in [0.15, 0.2) is 23.6 Å². The molecular weight excluding hydrogens is 252 g/mol. The number of fused-ring (bicyclic) bond motifs is 1. The Labute approximate surface area is 107 Å². The van der Waals surface area contributed by atoms with E-state index in [9.17, 15) is 4.79 Å². The van der Waals surface area contributed by atoms with Crippen molar-refractivity contribution < 1.29 is 14.3 Å². The van der Waals surface area contributed by atoms with Gasteiger partial charge < -0.3 is 14.8 Å². The van der Waals surface area contributed by atoms with E-state index < -0.39 is 0 Å². The highest BCUT2D eigenvalue weighted by Gasteiger charge is 2.17. The number of ether oxygens (including phenoxy) is 2. The fraction of sp³-hybridized carbons (Fsp3) is 0.167. The second-order valence-corrected chi connectivity index (χ2v) is 4.60. The minimum atomic E-state index is -0.142. The van der Waals surface area contributed by atoms with Gasteiger partial charge in [-0.1, -0.05) is 0 Å². The van der Waals surface area contributed by atoms with Crippen molar-refractivity contribution in [3.63, 3.8) is 0 Å². The molecule has 2 heterocycles. The summed E-state index contributed by atoms with van der Waals surface area (Å²) in [6, 6.07) is 5.59. The predicted molar refractivity (Wildman–Crippen MR) is 68.2 cm³/mol. The SMILES string of the molecule is COc1csc(-c2ccc3c(c2)NC(=O)CO3)n1. The summed E-state index contributed by atoms with van der Waals surface area (Å²) in [5.41, 5.74) is 1.60. The van der Waals surface area contributed by atoms with Gasteiger partial charge in [-0.2, -0.15) is 0 Å². The summed E-state index contributed by atoms with van der Waals surface area (Å²) < 4.78 is 10.4. The highest BCUT2D eigenvalue weighted by Crippen LogP contribution is 2.34. The summed E-state index contributed by atoms with van der Waals surface area (Å²) in [5, 5.41) is 5.45. The van der Waals surface area contributed by atoms with Crippen LogP contribution in [0.25, 0.3) is 10.6 Å². The molecule has 1 N–H and O–H groups in total. The van der Waals surface area contributed by atoms with Crippen LogP contribution in [0.3, 0.4) is 0 Å². The van der Waals surface area contributed by atoms with Crippen molar-refractivity contribution in [1.29, 1.82) is 0 Å². The fourth-order valence-corrected chi connectivity index (χ4v) is 2.47. The minimum Gasteiger partial charge on any atom is -0.482 e. The summed E-state index contributed by atoms with van der Waals surface area (Å²) in [7, 11) is 1.58. The Morgan fingerprint density at radius 3 is 3.17 bits per heavy atom. The number of nitrogens with zero attached hydrogens (tertiary/aromatic N) is 1. The normalized spacial score (nSPS) is 13.5. The zero-order valence-corrected chi connectivity index (χ0v) is 10.4. The summed E-state index contributed by atoms with van der Waals surface area (Å²) in [6.45, 7) is 0.0669. The molecule has 3 rings (SSSR count). The average molecular weight is 262 g/mol. The molecule has 0 radical (unpaired) electrons. The van der Waals surface area contributed by atoms with Crippen LogP contribution < -0.4 is 14.8 Å². The third kappa shape index (κ3) is 1.91. The molecule has 2 aromatic rings. The number of anilines is 1. The van der Waals surface area contributed by atoms with Crippen molar-refractivity contribution >= 4 is 22.9 Å². The number of hydrogen-bond donors (Lipinski definition) is 1. The summed E-state index contributed by atoms with van der Waals surface area (Å²) in [4.78, 5) is 15.6. The number of benzene rings is 1. The summed E-state index contributed by atoms with van der Waals surface area (Å²) in [6.07, 6.45) is 0. The second-order valence-electron chi connectivity index (χ2n) is 3.74. The number of hydrogen-bond acceptors (Lipinski definition) is 5. The third-order valence-electron chi connectivity index (χ3n) is 2.55. The molecule has 5 nitrogen and oxygen atoms in total.